The highest BCUT2D eigenvalue weighted by atomic mass is 16.6. The lowest BCUT2D eigenvalue weighted by Crippen LogP contribution is -2.55. The van der Waals surface area contributed by atoms with Crippen molar-refractivity contribution in [3.8, 4) is 0 Å². The van der Waals surface area contributed by atoms with Crippen LogP contribution in [0.15, 0.2) is 23.3 Å². The molecule has 0 aromatic carbocycles. The number of ether oxygens (including phenoxy) is 2. The van der Waals surface area contributed by atoms with Crippen LogP contribution in [0.4, 0.5) is 0 Å². The highest BCUT2D eigenvalue weighted by molar-refractivity contribution is 5.74. The highest BCUT2D eigenvalue weighted by Gasteiger charge is 2.58. The maximum atomic E-state index is 13.3. The average molecular weight is 421 g/mol. The molecule has 5 nitrogen and oxygen atoms in total. The topological polar surface area (TPSA) is 72.8 Å². The Morgan fingerprint density at radius 2 is 1.97 bits per heavy atom. The second-order valence-corrected chi connectivity index (χ2v) is 9.88. The molecular formula is C25H40O5. The molecular weight excluding hydrogens is 380 g/mol. The van der Waals surface area contributed by atoms with Gasteiger partial charge in [-0.1, -0.05) is 44.1 Å². The van der Waals surface area contributed by atoms with Crippen LogP contribution in [0.3, 0.4) is 0 Å². The third kappa shape index (κ3) is 5.16. The van der Waals surface area contributed by atoms with E-state index in [4.69, 9.17) is 9.47 Å². The molecule has 0 radical (unpaired) electrons. The Hall–Kier alpha value is -1.62. The minimum Gasteiger partial charge on any atom is -0.461 e. The predicted octanol–water partition coefficient (Wildman–Crippen LogP) is 4.98. The van der Waals surface area contributed by atoms with Crippen molar-refractivity contribution in [1.82, 2.24) is 0 Å². The van der Waals surface area contributed by atoms with Crippen LogP contribution in [0, 0.1) is 22.7 Å². The summed E-state index contributed by atoms with van der Waals surface area (Å²) in [6.07, 6.45) is 9.97. The summed E-state index contributed by atoms with van der Waals surface area (Å²) in [5.74, 6) is -0.699. The van der Waals surface area contributed by atoms with E-state index in [-0.39, 0.29) is 41.8 Å². The molecule has 1 N–H and O–H groups in total. The van der Waals surface area contributed by atoms with Gasteiger partial charge >= 0.3 is 11.9 Å². The zero-order valence-corrected chi connectivity index (χ0v) is 19.6. The number of carbonyl (C=O) groups is 2. The Morgan fingerprint density at radius 1 is 1.27 bits per heavy atom. The van der Waals surface area contributed by atoms with Crippen LogP contribution < -0.4 is 0 Å². The van der Waals surface area contributed by atoms with Gasteiger partial charge in [-0.3, -0.25) is 9.59 Å². The summed E-state index contributed by atoms with van der Waals surface area (Å²) in [7, 11) is 0. The lowest BCUT2D eigenvalue weighted by atomic mass is 9.45. The molecule has 170 valence electrons. The minimum absolute atomic E-state index is 0.0246. The van der Waals surface area contributed by atoms with Crippen molar-refractivity contribution in [2.75, 3.05) is 13.2 Å². The van der Waals surface area contributed by atoms with Gasteiger partial charge in [-0.15, -0.1) is 0 Å². The molecule has 2 aliphatic rings. The lowest BCUT2D eigenvalue weighted by molar-refractivity contribution is -0.174. The van der Waals surface area contributed by atoms with Gasteiger partial charge in [-0.25, -0.2) is 0 Å². The van der Waals surface area contributed by atoms with E-state index in [1.54, 1.807) is 0 Å². The van der Waals surface area contributed by atoms with Crippen LogP contribution >= 0.6 is 0 Å². The first kappa shape index (κ1) is 24.6. The van der Waals surface area contributed by atoms with Gasteiger partial charge < -0.3 is 14.6 Å². The summed E-state index contributed by atoms with van der Waals surface area (Å²) in [4.78, 5) is 24.4. The van der Waals surface area contributed by atoms with Crippen molar-refractivity contribution >= 4 is 11.9 Å². The SMILES string of the molecule is CC(=O)O[C@@H](CO)COC(=O)C1[C@H](C)CC[C@]2(C)C(CCC=C(C)C)=CCC[C@]12C. The molecule has 2 aliphatic carbocycles. The molecule has 5 atom stereocenters. The molecule has 30 heavy (non-hydrogen) atoms. The number of allylic oxidation sites excluding steroid dienone is 4. The zero-order valence-electron chi connectivity index (χ0n) is 19.6. The molecule has 0 aliphatic heterocycles. The lowest BCUT2D eigenvalue weighted by Gasteiger charge is -2.59. The average Bonchev–Trinajstić information content (AvgIpc) is 2.66. The maximum Gasteiger partial charge on any atom is 0.309 e. The Kier molecular flexibility index (Phi) is 8.32. The number of aliphatic hydroxyl groups excluding tert-OH is 1. The molecule has 1 fully saturated rings. The maximum absolute atomic E-state index is 13.3. The van der Waals surface area contributed by atoms with E-state index in [0.29, 0.717) is 0 Å². The van der Waals surface area contributed by atoms with Crippen LogP contribution in [-0.4, -0.2) is 36.4 Å². The van der Waals surface area contributed by atoms with E-state index in [1.807, 2.05) is 0 Å². The quantitative estimate of drug-likeness (QED) is 0.443. The Balaban J connectivity index is 2.20. The van der Waals surface area contributed by atoms with Crippen LogP contribution in [0.25, 0.3) is 0 Å². The van der Waals surface area contributed by atoms with Gasteiger partial charge in [-0.05, 0) is 69.1 Å². The third-order valence-electron chi connectivity index (χ3n) is 7.55. The Morgan fingerprint density at radius 3 is 2.57 bits per heavy atom. The monoisotopic (exact) mass is 420 g/mol. The van der Waals surface area contributed by atoms with Crippen LogP contribution in [0.1, 0.15) is 80.1 Å². The first-order valence-electron chi connectivity index (χ1n) is 11.3. The number of fused-ring (bicyclic) bond motifs is 1. The molecule has 5 heteroatoms. The van der Waals surface area contributed by atoms with E-state index >= 15 is 0 Å². The van der Waals surface area contributed by atoms with Crippen molar-refractivity contribution in [3.63, 3.8) is 0 Å². The molecule has 2 rings (SSSR count). The van der Waals surface area contributed by atoms with Crippen LogP contribution in [0.2, 0.25) is 0 Å². The largest absolute Gasteiger partial charge is 0.461 e. The van der Waals surface area contributed by atoms with Crippen molar-refractivity contribution in [2.24, 2.45) is 22.7 Å². The van der Waals surface area contributed by atoms with Crippen molar-refractivity contribution in [1.29, 1.82) is 0 Å². The van der Waals surface area contributed by atoms with Crippen molar-refractivity contribution in [3.05, 3.63) is 23.3 Å². The number of esters is 2. The summed E-state index contributed by atoms with van der Waals surface area (Å²) >= 11 is 0. The first-order valence-corrected chi connectivity index (χ1v) is 11.3. The number of aliphatic hydroxyl groups is 1. The van der Waals surface area contributed by atoms with Gasteiger partial charge in [0.15, 0.2) is 6.10 Å². The van der Waals surface area contributed by atoms with Gasteiger partial charge in [0.1, 0.15) is 6.61 Å². The van der Waals surface area contributed by atoms with E-state index in [9.17, 15) is 14.7 Å². The molecule has 0 saturated heterocycles. The highest BCUT2D eigenvalue weighted by Crippen LogP contribution is 2.63. The van der Waals surface area contributed by atoms with Crippen molar-refractivity contribution in [2.45, 2.75) is 86.2 Å². The van der Waals surface area contributed by atoms with Crippen molar-refractivity contribution < 1.29 is 24.2 Å². The normalized spacial score (nSPS) is 31.8. The summed E-state index contributed by atoms with van der Waals surface area (Å²) in [6.45, 7) is 11.8. The van der Waals surface area contributed by atoms with Gasteiger partial charge in [0.05, 0.1) is 12.5 Å². The summed E-state index contributed by atoms with van der Waals surface area (Å²) in [5.41, 5.74) is 2.62. The molecule has 0 spiro atoms. The standard InChI is InChI=1S/C25H40O5/c1-17(2)9-7-10-20-11-8-13-25(6)22(18(3)12-14-24(20,25)5)23(28)29-16-21(15-26)30-19(4)27/h9,11,18,21-22,26H,7-8,10,12-16H2,1-6H3/t18-,21+,22?,24-,25-/m1/s1. The smallest absolute Gasteiger partial charge is 0.309 e. The fourth-order valence-electron chi connectivity index (χ4n) is 5.68. The summed E-state index contributed by atoms with van der Waals surface area (Å²) in [5, 5.41) is 9.40. The number of carbonyl (C=O) groups excluding carboxylic acids is 2. The van der Waals surface area contributed by atoms with Gasteiger partial charge in [-0.2, -0.15) is 0 Å². The van der Waals surface area contributed by atoms with E-state index in [2.05, 4.69) is 46.8 Å². The molecule has 0 aromatic rings. The predicted molar refractivity (Wildman–Crippen MR) is 118 cm³/mol. The second kappa shape index (κ2) is 10.1. The molecule has 0 heterocycles. The molecule has 0 aromatic heterocycles. The summed E-state index contributed by atoms with van der Waals surface area (Å²) < 4.78 is 10.6. The van der Waals surface area contributed by atoms with Gasteiger partial charge in [0, 0.05) is 6.92 Å². The van der Waals surface area contributed by atoms with Gasteiger partial charge in [0.25, 0.3) is 0 Å². The number of rotatable bonds is 8. The second-order valence-electron chi connectivity index (χ2n) is 9.88. The van der Waals surface area contributed by atoms with E-state index in [0.717, 1.165) is 38.5 Å². The molecule has 0 amide bonds. The Labute approximate surface area is 181 Å². The Bertz CT molecular complexity index is 690. The van der Waals surface area contributed by atoms with E-state index < -0.39 is 12.1 Å². The van der Waals surface area contributed by atoms with E-state index in [1.165, 1.54) is 18.1 Å². The first-order chi connectivity index (χ1) is 14.0. The molecule has 1 saturated carbocycles. The zero-order chi connectivity index (χ0) is 22.5. The number of hydrogen-bond acceptors (Lipinski definition) is 5. The third-order valence-corrected chi connectivity index (χ3v) is 7.55. The van der Waals surface area contributed by atoms with Gasteiger partial charge in [0.2, 0.25) is 0 Å². The fourth-order valence-corrected chi connectivity index (χ4v) is 5.68. The fraction of sp³-hybridized carbons (Fsp3) is 0.760. The van der Waals surface area contributed by atoms with Crippen LogP contribution in [-0.2, 0) is 19.1 Å². The minimum atomic E-state index is -0.810. The van der Waals surface area contributed by atoms with Crippen LogP contribution in [0.5, 0.6) is 0 Å². The number of hydrogen-bond donors (Lipinski definition) is 1. The molecule has 0 bridgehead atoms. The summed E-state index contributed by atoms with van der Waals surface area (Å²) in [6, 6.07) is 0. The molecule has 1 unspecified atom stereocenters.